The van der Waals surface area contributed by atoms with Crippen molar-refractivity contribution in [3.05, 3.63) is 41.5 Å². The van der Waals surface area contributed by atoms with Crippen molar-refractivity contribution in [3.8, 4) is 0 Å². The zero-order chi connectivity index (χ0) is 11.4. The lowest BCUT2D eigenvalue weighted by Crippen LogP contribution is -2.28. The van der Waals surface area contributed by atoms with Gasteiger partial charge in [0.1, 0.15) is 0 Å². The van der Waals surface area contributed by atoms with E-state index in [-0.39, 0.29) is 0 Å². The topological polar surface area (TPSA) is 3.24 Å². The van der Waals surface area contributed by atoms with E-state index in [4.69, 9.17) is 0 Å². The van der Waals surface area contributed by atoms with Crippen molar-refractivity contribution < 1.29 is 0 Å². The predicted octanol–water partition coefficient (Wildman–Crippen LogP) is 3.36. The first-order valence-corrected chi connectivity index (χ1v) is 6.34. The van der Waals surface area contributed by atoms with Crippen LogP contribution in [0.4, 0.5) is 0 Å². The van der Waals surface area contributed by atoms with Crippen molar-refractivity contribution in [2.24, 2.45) is 0 Å². The highest BCUT2D eigenvalue weighted by atomic mass is 15.1. The largest absolute Gasteiger partial charge is 0.300 e. The van der Waals surface area contributed by atoms with Gasteiger partial charge in [-0.2, -0.15) is 0 Å². The van der Waals surface area contributed by atoms with Crippen LogP contribution in [0.5, 0.6) is 0 Å². The lowest BCUT2D eigenvalue weighted by atomic mass is 9.97. The number of hydrogen-bond donors (Lipinski definition) is 0. The molecule has 0 radical (unpaired) electrons. The summed E-state index contributed by atoms with van der Waals surface area (Å²) in [5, 5.41) is 0. The summed E-state index contributed by atoms with van der Waals surface area (Å²) in [6.45, 7) is 7.93. The molecule has 0 fully saturated rings. The molecule has 1 heteroatoms. The van der Waals surface area contributed by atoms with Gasteiger partial charge in [-0.3, -0.25) is 4.90 Å². The average Bonchev–Trinajstić information content (AvgIpc) is 2.39. The molecule has 2 rings (SSSR count). The van der Waals surface area contributed by atoms with E-state index < -0.39 is 0 Å². The molecule has 0 bridgehead atoms. The summed E-state index contributed by atoms with van der Waals surface area (Å²) in [4.78, 5) is 2.48. The highest BCUT2D eigenvalue weighted by Gasteiger charge is 2.11. The van der Waals surface area contributed by atoms with E-state index in [1.807, 2.05) is 0 Å². The van der Waals surface area contributed by atoms with Crippen molar-refractivity contribution in [2.75, 3.05) is 19.6 Å². The lowest BCUT2D eigenvalue weighted by molar-refractivity contribution is 0.319. The maximum atomic E-state index is 2.48. The summed E-state index contributed by atoms with van der Waals surface area (Å²) in [7, 11) is 0. The summed E-state index contributed by atoms with van der Waals surface area (Å²) in [6.07, 6.45) is 4.71. The van der Waals surface area contributed by atoms with E-state index >= 15 is 0 Å². The molecule has 1 nitrogen and oxygen atoms in total. The van der Waals surface area contributed by atoms with Gasteiger partial charge in [0.15, 0.2) is 0 Å². The van der Waals surface area contributed by atoms with Crippen LogP contribution in [0.3, 0.4) is 0 Å². The molecule has 1 aromatic rings. The number of likely N-dealkylation sites (N-methyl/N-ethyl adjacent to an activating group) is 1. The van der Waals surface area contributed by atoms with Crippen LogP contribution in [0.1, 0.15) is 31.4 Å². The third-order valence-electron chi connectivity index (χ3n) is 3.45. The summed E-state index contributed by atoms with van der Waals surface area (Å²) >= 11 is 0. The van der Waals surface area contributed by atoms with Crippen LogP contribution in [-0.2, 0) is 6.42 Å². The number of rotatable bonds is 3. The molecular formula is C15H21N. The zero-order valence-corrected chi connectivity index (χ0v) is 10.4. The first kappa shape index (κ1) is 11.4. The van der Waals surface area contributed by atoms with E-state index in [1.54, 1.807) is 0 Å². The Hall–Kier alpha value is -1.08. The van der Waals surface area contributed by atoms with Crippen LogP contribution in [0, 0.1) is 0 Å². The van der Waals surface area contributed by atoms with Crippen LogP contribution in [0.2, 0.25) is 0 Å². The Bertz CT molecular complexity index is 379. The minimum Gasteiger partial charge on any atom is -0.300 e. The number of hydrogen-bond acceptors (Lipinski definition) is 1. The van der Waals surface area contributed by atoms with E-state index in [2.05, 4.69) is 49.1 Å². The molecule has 0 saturated carbocycles. The summed E-state index contributed by atoms with van der Waals surface area (Å²) < 4.78 is 0. The molecule has 0 unspecified atom stereocenters. The van der Waals surface area contributed by atoms with Gasteiger partial charge in [-0.25, -0.2) is 0 Å². The average molecular weight is 215 g/mol. The minimum absolute atomic E-state index is 1.11. The van der Waals surface area contributed by atoms with E-state index in [9.17, 15) is 0 Å². The van der Waals surface area contributed by atoms with Gasteiger partial charge in [0, 0.05) is 13.1 Å². The van der Waals surface area contributed by atoms with Crippen LogP contribution in [-0.4, -0.2) is 24.5 Å². The molecule has 1 heterocycles. The fourth-order valence-corrected chi connectivity index (χ4v) is 2.25. The highest BCUT2D eigenvalue weighted by molar-refractivity contribution is 5.67. The van der Waals surface area contributed by atoms with Gasteiger partial charge in [0.05, 0.1) is 0 Å². The van der Waals surface area contributed by atoms with Crippen LogP contribution in [0.15, 0.2) is 30.3 Å². The number of benzene rings is 1. The molecule has 1 aliphatic rings. The Morgan fingerprint density at radius 2 is 2.12 bits per heavy atom. The van der Waals surface area contributed by atoms with Crippen molar-refractivity contribution in [1.29, 1.82) is 0 Å². The Kier molecular flexibility index (Phi) is 3.79. The van der Waals surface area contributed by atoms with Gasteiger partial charge in [-0.15, -0.1) is 0 Å². The molecule has 16 heavy (non-hydrogen) atoms. The molecule has 0 N–H and O–H groups in total. The Balaban J connectivity index is 2.15. The van der Waals surface area contributed by atoms with Gasteiger partial charge in [0.2, 0.25) is 0 Å². The fourth-order valence-electron chi connectivity index (χ4n) is 2.25. The molecule has 86 valence electrons. The molecule has 0 saturated heterocycles. The zero-order valence-electron chi connectivity index (χ0n) is 10.4. The first-order chi connectivity index (χ1) is 7.83. The SMILES string of the molecule is CCc1cccc(C2=CCN(CC)CC2)c1. The van der Waals surface area contributed by atoms with Crippen LogP contribution >= 0.6 is 0 Å². The molecule has 0 aliphatic carbocycles. The second-order valence-corrected chi connectivity index (χ2v) is 4.43. The third kappa shape index (κ3) is 2.53. The maximum absolute atomic E-state index is 2.48. The highest BCUT2D eigenvalue weighted by Crippen LogP contribution is 2.23. The molecule has 0 spiro atoms. The van der Waals surface area contributed by atoms with Gasteiger partial charge in [-0.05, 0) is 36.1 Å². The molecule has 0 aromatic heterocycles. The maximum Gasteiger partial charge on any atom is 0.0169 e. The van der Waals surface area contributed by atoms with Crippen molar-refractivity contribution in [2.45, 2.75) is 26.7 Å². The monoisotopic (exact) mass is 215 g/mol. The molecular weight excluding hydrogens is 194 g/mol. The Morgan fingerprint density at radius 1 is 1.25 bits per heavy atom. The second-order valence-electron chi connectivity index (χ2n) is 4.43. The molecule has 1 aromatic carbocycles. The predicted molar refractivity (Wildman–Crippen MR) is 70.5 cm³/mol. The third-order valence-corrected chi connectivity index (χ3v) is 3.45. The normalized spacial score (nSPS) is 17.2. The van der Waals surface area contributed by atoms with Gasteiger partial charge in [0.25, 0.3) is 0 Å². The van der Waals surface area contributed by atoms with Crippen LogP contribution in [0.25, 0.3) is 5.57 Å². The van der Waals surface area contributed by atoms with E-state index in [0.29, 0.717) is 0 Å². The van der Waals surface area contributed by atoms with Crippen LogP contribution < -0.4 is 0 Å². The number of nitrogens with zero attached hydrogens (tertiary/aromatic N) is 1. The fraction of sp³-hybridized carbons (Fsp3) is 0.467. The summed E-state index contributed by atoms with van der Waals surface area (Å²) in [5.41, 5.74) is 4.39. The van der Waals surface area contributed by atoms with Gasteiger partial charge in [-0.1, -0.05) is 44.2 Å². The summed E-state index contributed by atoms with van der Waals surface area (Å²) in [6, 6.07) is 8.98. The van der Waals surface area contributed by atoms with Crippen molar-refractivity contribution >= 4 is 5.57 Å². The van der Waals surface area contributed by atoms with E-state index in [1.165, 1.54) is 36.2 Å². The van der Waals surface area contributed by atoms with Gasteiger partial charge >= 0.3 is 0 Å². The number of aryl methyl sites for hydroxylation is 1. The summed E-state index contributed by atoms with van der Waals surface area (Å²) in [5.74, 6) is 0. The van der Waals surface area contributed by atoms with Crippen molar-refractivity contribution in [1.82, 2.24) is 4.90 Å². The lowest BCUT2D eigenvalue weighted by Gasteiger charge is -2.25. The van der Waals surface area contributed by atoms with Crippen molar-refractivity contribution in [3.63, 3.8) is 0 Å². The Morgan fingerprint density at radius 3 is 2.75 bits per heavy atom. The van der Waals surface area contributed by atoms with Gasteiger partial charge < -0.3 is 0 Å². The second kappa shape index (κ2) is 5.31. The smallest absolute Gasteiger partial charge is 0.0169 e. The minimum atomic E-state index is 1.11. The molecule has 0 atom stereocenters. The van der Waals surface area contributed by atoms with E-state index in [0.717, 1.165) is 13.0 Å². The Labute approximate surface area is 98.8 Å². The molecule has 1 aliphatic heterocycles. The standard InChI is InChI=1S/C15H21N/c1-3-13-6-5-7-15(12-13)14-8-10-16(4-2)11-9-14/h5-8,12H,3-4,9-11H2,1-2H3. The quantitative estimate of drug-likeness (QED) is 0.747. The molecule has 0 amide bonds. The first-order valence-electron chi connectivity index (χ1n) is 6.34.